The maximum atomic E-state index is 12.2. The fraction of sp³-hybridized carbons (Fsp3) is 0.375. The molecule has 1 amide bonds. The number of hydrogen-bond donors (Lipinski definition) is 1. The summed E-state index contributed by atoms with van der Waals surface area (Å²) in [7, 11) is 0. The van der Waals surface area contributed by atoms with Crippen LogP contribution in [0.4, 0.5) is 5.13 Å². The van der Waals surface area contributed by atoms with E-state index in [0.717, 1.165) is 23.7 Å². The number of carbonyl (C=O) groups excluding carboxylic acids is 1. The Morgan fingerprint density at radius 1 is 1.29 bits per heavy atom. The van der Waals surface area contributed by atoms with Crippen LogP contribution in [-0.2, 0) is 18.6 Å². The first kappa shape index (κ1) is 14.6. The Morgan fingerprint density at radius 3 is 2.76 bits per heavy atom. The van der Waals surface area contributed by atoms with Crippen LogP contribution in [-0.4, -0.2) is 17.1 Å². The van der Waals surface area contributed by atoms with Crippen LogP contribution in [0.15, 0.2) is 24.3 Å². The molecule has 0 spiro atoms. The highest BCUT2D eigenvalue weighted by atomic mass is 32.2. The molecule has 1 aromatic heterocycles. The predicted molar refractivity (Wildman–Crippen MR) is 90.4 cm³/mol. The summed E-state index contributed by atoms with van der Waals surface area (Å²) in [6, 6.07) is 7.79. The van der Waals surface area contributed by atoms with E-state index in [0.29, 0.717) is 5.56 Å². The van der Waals surface area contributed by atoms with Crippen molar-refractivity contribution < 1.29 is 4.79 Å². The number of nitrogens with zero attached hydrogens (tertiary/aromatic N) is 1. The van der Waals surface area contributed by atoms with Crippen LogP contribution in [0.3, 0.4) is 0 Å². The van der Waals surface area contributed by atoms with E-state index in [-0.39, 0.29) is 5.91 Å². The second-order valence-electron chi connectivity index (χ2n) is 5.18. The average molecular weight is 318 g/mol. The van der Waals surface area contributed by atoms with Gasteiger partial charge < -0.3 is 0 Å². The number of nitrogens with one attached hydrogen (secondary N) is 1. The number of carbonyl (C=O) groups is 1. The van der Waals surface area contributed by atoms with E-state index in [1.807, 2.05) is 24.3 Å². The third-order valence-corrected chi connectivity index (χ3v) is 5.29. The van der Waals surface area contributed by atoms with E-state index >= 15 is 0 Å². The lowest BCUT2D eigenvalue weighted by Crippen LogP contribution is -2.11. The van der Waals surface area contributed by atoms with Crippen LogP contribution in [0.1, 0.15) is 39.3 Å². The first-order valence-corrected chi connectivity index (χ1v) is 9.35. The number of fused-ring (bicyclic) bond motifs is 1. The Kier molecular flexibility index (Phi) is 4.60. The molecular formula is C16H18N2OS2. The number of anilines is 1. The molecule has 0 saturated carbocycles. The Morgan fingerprint density at radius 2 is 2.05 bits per heavy atom. The van der Waals surface area contributed by atoms with Gasteiger partial charge in [-0.05, 0) is 49.6 Å². The van der Waals surface area contributed by atoms with Crippen molar-refractivity contribution in [3.63, 3.8) is 0 Å². The van der Waals surface area contributed by atoms with Crippen molar-refractivity contribution in [2.75, 3.05) is 11.6 Å². The van der Waals surface area contributed by atoms with E-state index in [4.69, 9.17) is 0 Å². The molecule has 1 N–H and O–H groups in total. The number of thiazole rings is 1. The maximum absolute atomic E-state index is 12.2. The van der Waals surface area contributed by atoms with Gasteiger partial charge >= 0.3 is 0 Å². The molecule has 0 aliphatic heterocycles. The van der Waals surface area contributed by atoms with E-state index in [2.05, 4.69) is 16.6 Å². The topological polar surface area (TPSA) is 42.0 Å². The quantitative estimate of drug-likeness (QED) is 0.921. The highest BCUT2D eigenvalue weighted by molar-refractivity contribution is 7.97. The van der Waals surface area contributed by atoms with Crippen molar-refractivity contribution in [2.24, 2.45) is 0 Å². The van der Waals surface area contributed by atoms with Crippen molar-refractivity contribution in [3.05, 3.63) is 46.0 Å². The molecule has 3 nitrogen and oxygen atoms in total. The summed E-state index contributed by atoms with van der Waals surface area (Å²) in [6.07, 6.45) is 6.67. The molecule has 0 bridgehead atoms. The Labute approximate surface area is 133 Å². The normalized spacial score (nSPS) is 13.8. The second-order valence-corrected chi connectivity index (χ2v) is 7.13. The Bertz CT molecular complexity index is 611. The van der Waals surface area contributed by atoms with Gasteiger partial charge in [-0.1, -0.05) is 12.1 Å². The molecule has 1 aliphatic carbocycles. The second kappa shape index (κ2) is 6.62. The standard InChI is InChI=1S/C16H18N2OS2/c1-20-10-11-6-8-12(9-7-11)15(19)18-16-17-13-4-2-3-5-14(13)21-16/h6-9H,2-5,10H2,1H3,(H,17,18,19). The molecule has 0 atom stereocenters. The molecule has 0 radical (unpaired) electrons. The largest absolute Gasteiger partial charge is 0.298 e. The van der Waals surface area contributed by atoms with Gasteiger partial charge in [-0.3, -0.25) is 10.1 Å². The Hall–Kier alpha value is -1.33. The monoisotopic (exact) mass is 318 g/mol. The zero-order valence-electron chi connectivity index (χ0n) is 12.0. The summed E-state index contributed by atoms with van der Waals surface area (Å²) in [4.78, 5) is 18.1. The molecule has 110 valence electrons. The minimum absolute atomic E-state index is 0.0724. The van der Waals surface area contributed by atoms with Crippen LogP contribution in [0.5, 0.6) is 0 Å². The van der Waals surface area contributed by atoms with Gasteiger partial charge in [-0.15, -0.1) is 11.3 Å². The minimum Gasteiger partial charge on any atom is -0.298 e. The average Bonchev–Trinajstić information content (AvgIpc) is 2.90. The molecule has 21 heavy (non-hydrogen) atoms. The molecular weight excluding hydrogens is 300 g/mol. The van der Waals surface area contributed by atoms with Gasteiger partial charge in [0.25, 0.3) is 5.91 Å². The molecule has 0 saturated heterocycles. The third-order valence-electron chi connectivity index (χ3n) is 3.59. The van der Waals surface area contributed by atoms with Crippen molar-refractivity contribution in [2.45, 2.75) is 31.4 Å². The lowest BCUT2D eigenvalue weighted by Gasteiger charge is -2.06. The molecule has 2 aromatic rings. The van der Waals surface area contributed by atoms with Crippen LogP contribution in [0.2, 0.25) is 0 Å². The van der Waals surface area contributed by atoms with Gasteiger partial charge in [0.1, 0.15) is 0 Å². The molecule has 1 heterocycles. The first-order chi connectivity index (χ1) is 10.3. The van der Waals surface area contributed by atoms with Crippen LogP contribution in [0, 0.1) is 0 Å². The Balaban J connectivity index is 1.69. The van der Waals surface area contributed by atoms with E-state index in [1.54, 1.807) is 23.1 Å². The number of hydrogen-bond acceptors (Lipinski definition) is 4. The first-order valence-electron chi connectivity index (χ1n) is 7.14. The van der Waals surface area contributed by atoms with Crippen molar-refractivity contribution in [1.82, 2.24) is 4.98 Å². The van der Waals surface area contributed by atoms with Gasteiger partial charge in [0.15, 0.2) is 5.13 Å². The number of aryl methyl sites for hydroxylation is 2. The molecule has 0 fully saturated rings. The lowest BCUT2D eigenvalue weighted by atomic mass is 10.0. The van der Waals surface area contributed by atoms with Gasteiger partial charge in [0.2, 0.25) is 0 Å². The number of thioether (sulfide) groups is 1. The fourth-order valence-corrected chi connectivity index (χ4v) is 4.06. The highest BCUT2D eigenvalue weighted by Gasteiger charge is 2.16. The summed E-state index contributed by atoms with van der Waals surface area (Å²) >= 11 is 3.40. The van der Waals surface area contributed by atoms with Crippen molar-refractivity contribution >= 4 is 34.1 Å². The van der Waals surface area contributed by atoms with Crippen LogP contribution < -0.4 is 5.32 Å². The van der Waals surface area contributed by atoms with Gasteiger partial charge in [-0.25, -0.2) is 4.98 Å². The van der Waals surface area contributed by atoms with Gasteiger partial charge in [0.05, 0.1) is 5.69 Å². The number of rotatable bonds is 4. The molecule has 5 heteroatoms. The maximum Gasteiger partial charge on any atom is 0.257 e. The van der Waals surface area contributed by atoms with Crippen molar-refractivity contribution in [1.29, 1.82) is 0 Å². The number of benzene rings is 1. The fourth-order valence-electron chi connectivity index (χ4n) is 2.49. The van der Waals surface area contributed by atoms with E-state index in [1.165, 1.54) is 29.0 Å². The molecule has 0 unspecified atom stereocenters. The summed E-state index contributed by atoms with van der Waals surface area (Å²) in [6.45, 7) is 0. The zero-order valence-corrected chi connectivity index (χ0v) is 13.6. The lowest BCUT2D eigenvalue weighted by molar-refractivity contribution is 0.102. The van der Waals surface area contributed by atoms with Gasteiger partial charge in [-0.2, -0.15) is 11.8 Å². The van der Waals surface area contributed by atoms with E-state index in [9.17, 15) is 4.79 Å². The van der Waals surface area contributed by atoms with E-state index < -0.39 is 0 Å². The minimum atomic E-state index is -0.0724. The predicted octanol–water partition coefficient (Wildman–Crippen LogP) is 4.14. The van der Waals surface area contributed by atoms with Crippen molar-refractivity contribution in [3.8, 4) is 0 Å². The molecule has 1 aliphatic rings. The summed E-state index contributed by atoms with van der Waals surface area (Å²) in [5.41, 5.74) is 3.11. The smallest absolute Gasteiger partial charge is 0.257 e. The molecule has 1 aromatic carbocycles. The number of amides is 1. The number of aromatic nitrogens is 1. The highest BCUT2D eigenvalue weighted by Crippen LogP contribution is 2.29. The SMILES string of the molecule is CSCc1ccc(C(=O)Nc2nc3c(s2)CCCC3)cc1. The molecule has 3 rings (SSSR count). The van der Waals surface area contributed by atoms with Gasteiger partial charge in [0, 0.05) is 16.2 Å². The summed E-state index contributed by atoms with van der Waals surface area (Å²) < 4.78 is 0. The zero-order chi connectivity index (χ0) is 14.7. The van der Waals surface area contributed by atoms with Crippen LogP contribution >= 0.6 is 23.1 Å². The third kappa shape index (κ3) is 3.47. The summed E-state index contributed by atoms with van der Waals surface area (Å²) in [5, 5.41) is 3.67. The van der Waals surface area contributed by atoms with Crippen LogP contribution in [0.25, 0.3) is 0 Å². The summed E-state index contributed by atoms with van der Waals surface area (Å²) in [5.74, 6) is 0.901.